The van der Waals surface area contributed by atoms with Crippen molar-refractivity contribution in [2.75, 3.05) is 0 Å². The molecule has 18 heavy (non-hydrogen) atoms. The van der Waals surface area contributed by atoms with Crippen LogP contribution >= 0.6 is 38.9 Å². The lowest BCUT2D eigenvalue weighted by Crippen LogP contribution is -2.14. The summed E-state index contributed by atoms with van der Waals surface area (Å²) in [7, 11) is 0. The Morgan fingerprint density at radius 2 is 2.11 bits per heavy atom. The van der Waals surface area contributed by atoms with Gasteiger partial charge in [0, 0.05) is 37.4 Å². The zero-order valence-electron chi connectivity index (χ0n) is 9.75. The van der Waals surface area contributed by atoms with E-state index in [9.17, 15) is 0 Å². The minimum absolute atomic E-state index is 0.762. The van der Waals surface area contributed by atoms with Gasteiger partial charge in [-0.1, -0.05) is 33.6 Å². The van der Waals surface area contributed by atoms with Crippen molar-refractivity contribution in [1.29, 1.82) is 0 Å². The van der Waals surface area contributed by atoms with Gasteiger partial charge in [0.2, 0.25) is 0 Å². The molecule has 0 saturated heterocycles. The number of thiophene rings is 1. The highest BCUT2D eigenvalue weighted by Crippen LogP contribution is 2.35. The average molecular weight is 343 g/mol. The standard InChI is InChI=1S/C14H13BrClNS/c15-13-7-9(16)1-5-12(13)14-6-4-11(18-14)8-17-10-2-3-10/h1,4-7,10,17H,2-3,8H2. The zero-order valence-corrected chi connectivity index (χ0v) is 12.9. The van der Waals surface area contributed by atoms with E-state index in [0.717, 1.165) is 22.1 Å². The molecule has 1 aromatic heterocycles. The first kappa shape index (κ1) is 12.7. The first-order chi connectivity index (χ1) is 8.72. The number of nitrogens with one attached hydrogen (secondary N) is 1. The molecule has 1 fully saturated rings. The van der Waals surface area contributed by atoms with Crippen molar-refractivity contribution in [1.82, 2.24) is 5.32 Å². The molecule has 1 aromatic carbocycles. The second kappa shape index (κ2) is 5.33. The first-order valence-electron chi connectivity index (χ1n) is 6.00. The molecule has 0 unspecified atom stereocenters. The fourth-order valence-corrected chi connectivity index (χ4v) is 3.86. The average Bonchev–Trinajstić information content (AvgIpc) is 3.05. The molecule has 0 aliphatic heterocycles. The molecule has 1 heterocycles. The van der Waals surface area contributed by atoms with E-state index in [1.54, 1.807) is 0 Å². The van der Waals surface area contributed by atoms with E-state index in [2.05, 4.69) is 39.4 Å². The second-order valence-electron chi connectivity index (χ2n) is 4.55. The van der Waals surface area contributed by atoms with Gasteiger partial charge in [0.15, 0.2) is 0 Å². The minimum atomic E-state index is 0.762. The molecule has 94 valence electrons. The first-order valence-corrected chi connectivity index (χ1v) is 7.98. The summed E-state index contributed by atoms with van der Waals surface area (Å²) in [5.74, 6) is 0. The van der Waals surface area contributed by atoms with Crippen molar-refractivity contribution < 1.29 is 0 Å². The number of hydrogen-bond donors (Lipinski definition) is 1. The predicted octanol–water partition coefficient (Wildman–Crippen LogP) is 5.08. The van der Waals surface area contributed by atoms with Gasteiger partial charge in [-0.3, -0.25) is 0 Å². The molecule has 0 spiro atoms. The van der Waals surface area contributed by atoms with E-state index in [-0.39, 0.29) is 0 Å². The van der Waals surface area contributed by atoms with Crippen LogP contribution in [0.15, 0.2) is 34.8 Å². The quantitative estimate of drug-likeness (QED) is 0.816. The number of benzene rings is 1. The van der Waals surface area contributed by atoms with Crippen LogP contribution in [0.4, 0.5) is 0 Å². The summed E-state index contributed by atoms with van der Waals surface area (Å²) in [5, 5.41) is 4.30. The largest absolute Gasteiger partial charge is 0.309 e. The fourth-order valence-electron chi connectivity index (χ4n) is 1.84. The normalized spacial score (nSPS) is 15.0. The van der Waals surface area contributed by atoms with Gasteiger partial charge in [-0.2, -0.15) is 0 Å². The van der Waals surface area contributed by atoms with Crippen molar-refractivity contribution in [3.05, 3.63) is 44.7 Å². The van der Waals surface area contributed by atoms with E-state index >= 15 is 0 Å². The molecule has 2 aromatic rings. The lowest BCUT2D eigenvalue weighted by Gasteiger charge is -2.02. The summed E-state index contributed by atoms with van der Waals surface area (Å²) in [5.41, 5.74) is 1.21. The van der Waals surface area contributed by atoms with Crippen molar-refractivity contribution in [3.63, 3.8) is 0 Å². The van der Waals surface area contributed by atoms with Gasteiger partial charge in [-0.05, 0) is 37.1 Å². The number of rotatable bonds is 4. The van der Waals surface area contributed by atoms with Crippen LogP contribution in [0.25, 0.3) is 10.4 Å². The van der Waals surface area contributed by atoms with Crippen LogP contribution in [0, 0.1) is 0 Å². The highest BCUT2D eigenvalue weighted by Gasteiger charge is 2.20. The molecule has 0 bridgehead atoms. The van der Waals surface area contributed by atoms with Crippen LogP contribution in [0.1, 0.15) is 17.7 Å². The Kier molecular flexibility index (Phi) is 3.76. The van der Waals surface area contributed by atoms with Crippen LogP contribution in [0.5, 0.6) is 0 Å². The molecular formula is C14H13BrClNS. The van der Waals surface area contributed by atoms with Crippen LogP contribution < -0.4 is 5.32 Å². The second-order valence-corrected chi connectivity index (χ2v) is 7.00. The molecule has 3 rings (SSSR count). The van der Waals surface area contributed by atoms with Gasteiger partial charge < -0.3 is 5.32 Å². The van der Waals surface area contributed by atoms with E-state index in [1.807, 2.05) is 23.5 Å². The van der Waals surface area contributed by atoms with Gasteiger partial charge in [0.25, 0.3) is 0 Å². The molecule has 1 nitrogen and oxygen atoms in total. The summed E-state index contributed by atoms with van der Waals surface area (Å²) >= 11 is 11.4. The summed E-state index contributed by atoms with van der Waals surface area (Å²) in [6.45, 7) is 0.987. The Bertz CT molecular complexity index is 563. The lowest BCUT2D eigenvalue weighted by atomic mass is 10.2. The molecule has 0 amide bonds. The van der Waals surface area contributed by atoms with E-state index in [0.29, 0.717) is 0 Å². The van der Waals surface area contributed by atoms with Gasteiger partial charge in [-0.15, -0.1) is 11.3 Å². The molecule has 0 atom stereocenters. The SMILES string of the molecule is Clc1ccc(-c2ccc(CNC3CC3)s2)c(Br)c1. The van der Waals surface area contributed by atoms with Crippen molar-refractivity contribution in [2.24, 2.45) is 0 Å². The molecule has 1 saturated carbocycles. The Morgan fingerprint density at radius 3 is 2.83 bits per heavy atom. The smallest absolute Gasteiger partial charge is 0.0417 e. The van der Waals surface area contributed by atoms with Crippen LogP contribution in [-0.2, 0) is 6.54 Å². The van der Waals surface area contributed by atoms with Gasteiger partial charge in [-0.25, -0.2) is 0 Å². The highest BCUT2D eigenvalue weighted by atomic mass is 79.9. The highest BCUT2D eigenvalue weighted by molar-refractivity contribution is 9.10. The fraction of sp³-hybridized carbons (Fsp3) is 0.286. The number of halogens is 2. The third-order valence-corrected chi connectivity index (χ3v) is 5.01. The van der Waals surface area contributed by atoms with E-state index in [4.69, 9.17) is 11.6 Å². The summed E-state index contributed by atoms with van der Waals surface area (Å²) in [6.07, 6.45) is 2.67. The van der Waals surface area contributed by atoms with Gasteiger partial charge in [0.05, 0.1) is 0 Å². The van der Waals surface area contributed by atoms with Crippen molar-refractivity contribution >= 4 is 38.9 Å². The predicted molar refractivity (Wildman–Crippen MR) is 82.3 cm³/mol. The molecule has 1 N–H and O–H groups in total. The van der Waals surface area contributed by atoms with E-state index < -0.39 is 0 Å². The topological polar surface area (TPSA) is 12.0 Å². The molecule has 1 aliphatic rings. The third kappa shape index (κ3) is 2.97. The molecule has 1 aliphatic carbocycles. The monoisotopic (exact) mass is 341 g/mol. The molecular weight excluding hydrogens is 330 g/mol. The van der Waals surface area contributed by atoms with Gasteiger partial charge in [0.1, 0.15) is 0 Å². The zero-order chi connectivity index (χ0) is 12.5. The van der Waals surface area contributed by atoms with Crippen molar-refractivity contribution in [3.8, 4) is 10.4 Å². The van der Waals surface area contributed by atoms with Crippen molar-refractivity contribution in [2.45, 2.75) is 25.4 Å². The summed E-state index contributed by atoms with van der Waals surface area (Å²) in [4.78, 5) is 2.67. The lowest BCUT2D eigenvalue weighted by molar-refractivity contribution is 0.695. The summed E-state index contributed by atoms with van der Waals surface area (Å²) in [6, 6.07) is 11.1. The van der Waals surface area contributed by atoms with Gasteiger partial charge >= 0.3 is 0 Å². The molecule has 4 heteroatoms. The van der Waals surface area contributed by atoms with E-state index in [1.165, 1.54) is 28.2 Å². The third-order valence-electron chi connectivity index (χ3n) is 3.00. The molecule has 0 radical (unpaired) electrons. The van der Waals surface area contributed by atoms with Crippen LogP contribution in [0.3, 0.4) is 0 Å². The Balaban J connectivity index is 1.78. The maximum absolute atomic E-state index is 5.96. The maximum atomic E-state index is 5.96. The Labute approximate surface area is 124 Å². The maximum Gasteiger partial charge on any atom is 0.0417 e. The van der Waals surface area contributed by atoms with Crippen LogP contribution in [-0.4, -0.2) is 6.04 Å². The number of hydrogen-bond acceptors (Lipinski definition) is 2. The summed E-state index contributed by atoms with van der Waals surface area (Å²) < 4.78 is 1.05. The minimum Gasteiger partial charge on any atom is -0.309 e. The Morgan fingerprint density at radius 1 is 1.28 bits per heavy atom. The van der Waals surface area contributed by atoms with Crippen LogP contribution in [0.2, 0.25) is 5.02 Å². The Hall–Kier alpha value is -0.350.